The third-order valence-electron chi connectivity index (χ3n) is 5.69. The first-order valence-electron chi connectivity index (χ1n) is 9.29. The second-order valence-electron chi connectivity index (χ2n) is 7.12. The van der Waals surface area contributed by atoms with E-state index in [1.54, 1.807) is 17.0 Å². The number of hydrogen-bond donors (Lipinski definition) is 0. The molecule has 2 heterocycles. The molecule has 1 fully saturated rings. The molecule has 1 unspecified atom stereocenters. The molecule has 6 heteroatoms. The summed E-state index contributed by atoms with van der Waals surface area (Å²) >= 11 is 0. The number of halogens is 2. The van der Waals surface area contributed by atoms with Gasteiger partial charge in [0.2, 0.25) is 0 Å². The Morgan fingerprint density at radius 1 is 0.897 bits per heavy atom. The standard InChI is InChI=1S/C23H16F2N2O2/c24-16-10-11-20(25)18(14-16)22(29)27-13-12-26-21(28)17-8-4-5-9-19(17)23(26,27)15-6-2-1-3-7-15/h1-11,14H,12-13H2. The Morgan fingerprint density at radius 2 is 1.62 bits per heavy atom. The summed E-state index contributed by atoms with van der Waals surface area (Å²) in [5.41, 5.74) is 0.359. The zero-order chi connectivity index (χ0) is 20.2. The van der Waals surface area contributed by atoms with E-state index < -0.39 is 23.2 Å². The average molecular weight is 390 g/mol. The van der Waals surface area contributed by atoms with Gasteiger partial charge in [0.25, 0.3) is 11.8 Å². The highest BCUT2D eigenvalue weighted by molar-refractivity contribution is 6.03. The molecule has 29 heavy (non-hydrogen) atoms. The van der Waals surface area contributed by atoms with E-state index in [1.165, 1.54) is 4.90 Å². The van der Waals surface area contributed by atoms with Gasteiger partial charge >= 0.3 is 0 Å². The molecule has 2 aliphatic heterocycles. The van der Waals surface area contributed by atoms with Gasteiger partial charge in [-0.1, -0.05) is 48.5 Å². The Balaban J connectivity index is 1.76. The van der Waals surface area contributed by atoms with E-state index in [1.807, 2.05) is 42.5 Å². The number of benzene rings is 3. The van der Waals surface area contributed by atoms with Crippen LogP contribution in [-0.4, -0.2) is 34.7 Å². The van der Waals surface area contributed by atoms with E-state index in [0.29, 0.717) is 17.7 Å². The van der Waals surface area contributed by atoms with Crippen molar-refractivity contribution in [3.8, 4) is 0 Å². The Morgan fingerprint density at radius 3 is 2.41 bits per heavy atom. The molecule has 0 aromatic heterocycles. The minimum atomic E-state index is -1.19. The number of fused-ring (bicyclic) bond motifs is 3. The summed E-state index contributed by atoms with van der Waals surface area (Å²) in [5.74, 6) is -2.32. The van der Waals surface area contributed by atoms with Crippen molar-refractivity contribution in [3.05, 3.63) is 107 Å². The molecule has 0 spiro atoms. The van der Waals surface area contributed by atoms with Crippen LogP contribution in [0.2, 0.25) is 0 Å². The zero-order valence-electron chi connectivity index (χ0n) is 15.3. The van der Waals surface area contributed by atoms with Crippen LogP contribution in [0.3, 0.4) is 0 Å². The quantitative estimate of drug-likeness (QED) is 0.668. The molecule has 144 valence electrons. The van der Waals surface area contributed by atoms with Crippen molar-refractivity contribution in [1.29, 1.82) is 0 Å². The summed E-state index contributed by atoms with van der Waals surface area (Å²) in [6, 6.07) is 19.1. The highest BCUT2D eigenvalue weighted by atomic mass is 19.1. The van der Waals surface area contributed by atoms with Gasteiger partial charge in [-0.2, -0.15) is 0 Å². The monoisotopic (exact) mass is 390 g/mol. The van der Waals surface area contributed by atoms with E-state index in [4.69, 9.17) is 0 Å². The normalized spacial score (nSPS) is 20.0. The lowest BCUT2D eigenvalue weighted by Crippen LogP contribution is -2.51. The molecule has 2 amide bonds. The van der Waals surface area contributed by atoms with Gasteiger partial charge in [0.05, 0.1) is 5.56 Å². The molecule has 0 aliphatic carbocycles. The second-order valence-corrected chi connectivity index (χ2v) is 7.12. The van der Waals surface area contributed by atoms with Crippen molar-refractivity contribution in [3.63, 3.8) is 0 Å². The van der Waals surface area contributed by atoms with Crippen LogP contribution in [0, 0.1) is 11.6 Å². The maximum absolute atomic E-state index is 14.4. The van der Waals surface area contributed by atoms with Crippen molar-refractivity contribution in [2.75, 3.05) is 13.1 Å². The highest BCUT2D eigenvalue weighted by Gasteiger charge is 2.59. The summed E-state index contributed by atoms with van der Waals surface area (Å²) in [4.78, 5) is 29.7. The Bertz CT molecular complexity index is 1150. The summed E-state index contributed by atoms with van der Waals surface area (Å²) in [6.45, 7) is 0.509. The first kappa shape index (κ1) is 17.6. The molecule has 2 aliphatic rings. The van der Waals surface area contributed by atoms with E-state index in [-0.39, 0.29) is 18.0 Å². The van der Waals surface area contributed by atoms with Crippen LogP contribution < -0.4 is 0 Å². The summed E-state index contributed by atoms with van der Waals surface area (Å²) in [5, 5.41) is 0. The van der Waals surface area contributed by atoms with Gasteiger partial charge in [-0.3, -0.25) is 9.59 Å². The molecule has 0 bridgehead atoms. The van der Waals surface area contributed by atoms with Gasteiger partial charge in [0, 0.05) is 29.8 Å². The van der Waals surface area contributed by atoms with Crippen molar-refractivity contribution in [2.24, 2.45) is 0 Å². The first-order chi connectivity index (χ1) is 14.0. The number of carbonyl (C=O) groups excluding carboxylic acids is 2. The summed E-state index contributed by atoms with van der Waals surface area (Å²) < 4.78 is 28.2. The number of nitrogens with zero attached hydrogens (tertiary/aromatic N) is 2. The van der Waals surface area contributed by atoms with Crippen molar-refractivity contribution in [2.45, 2.75) is 5.66 Å². The van der Waals surface area contributed by atoms with Gasteiger partial charge in [-0.05, 0) is 24.3 Å². The minimum absolute atomic E-state index is 0.181. The Labute approximate surface area is 166 Å². The van der Waals surface area contributed by atoms with Crippen LogP contribution in [0.5, 0.6) is 0 Å². The molecule has 1 saturated heterocycles. The molecule has 3 aromatic rings. The molecule has 0 radical (unpaired) electrons. The van der Waals surface area contributed by atoms with Crippen LogP contribution in [0.4, 0.5) is 8.78 Å². The maximum Gasteiger partial charge on any atom is 0.259 e. The smallest absolute Gasteiger partial charge is 0.259 e. The minimum Gasteiger partial charge on any atom is -0.306 e. The predicted molar refractivity (Wildman–Crippen MR) is 102 cm³/mol. The van der Waals surface area contributed by atoms with E-state index in [9.17, 15) is 18.4 Å². The third-order valence-corrected chi connectivity index (χ3v) is 5.69. The average Bonchev–Trinajstić information content (AvgIpc) is 3.26. The largest absolute Gasteiger partial charge is 0.306 e. The van der Waals surface area contributed by atoms with Crippen LogP contribution >= 0.6 is 0 Å². The van der Waals surface area contributed by atoms with Gasteiger partial charge in [0.15, 0.2) is 5.66 Å². The molecule has 0 saturated carbocycles. The molecule has 1 atom stereocenters. The van der Waals surface area contributed by atoms with Gasteiger partial charge < -0.3 is 9.80 Å². The Hall–Kier alpha value is -3.54. The fraction of sp³-hybridized carbons (Fsp3) is 0.130. The Kier molecular flexibility index (Phi) is 3.77. The molecular weight excluding hydrogens is 374 g/mol. The number of hydrogen-bond acceptors (Lipinski definition) is 2. The zero-order valence-corrected chi connectivity index (χ0v) is 15.3. The summed E-state index contributed by atoms with van der Waals surface area (Å²) in [6.07, 6.45) is 0. The highest BCUT2D eigenvalue weighted by Crippen LogP contribution is 2.50. The summed E-state index contributed by atoms with van der Waals surface area (Å²) in [7, 11) is 0. The lowest BCUT2D eigenvalue weighted by atomic mass is 9.89. The number of rotatable bonds is 2. The number of carbonyl (C=O) groups is 2. The van der Waals surface area contributed by atoms with Crippen molar-refractivity contribution in [1.82, 2.24) is 9.80 Å². The molecule has 5 rings (SSSR count). The lowest BCUT2D eigenvalue weighted by Gasteiger charge is -2.40. The molecular formula is C23H16F2N2O2. The van der Waals surface area contributed by atoms with Crippen LogP contribution in [-0.2, 0) is 5.66 Å². The molecule has 0 N–H and O–H groups in total. The van der Waals surface area contributed by atoms with Gasteiger partial charge in [-0.15, -0.1) is 0 Å². The number of amides is 2. The van der Waals surface area contributed by atoms with E-state index >= 15 is 0 Å². The fourth-order valence-corrected chi connectivity index (χ4v) is 4.52. The van der Waals surface area contributed by atoms with Crippen LogP contribution in [0.15, 0.2) is 72.8 Å². The third kappa shape index (κ3) is 2.29. The SMILES string of the molecule is O=C(c1cc(F)ccc1F)N1CCN2C(=O)c3ccccc3C12c1ccccc1. The van der Waals surface area contributed by atoms with E-state index in [2.05, 4.69) is 0 Å². The second kappa shape index (κ2) is 6.24. The van der Waals surface area contributed by atoms with Gasteiger partial charge in [-0.25, -0.2) is 8.78 Å². The first-order valence-corrected chi connectivity index (χ1v) is 9.29. The fourth-order valence-electron chi connectivity index (χ4n) is 4.52. The lowest BCUT2D eigenvalue weighted by molar-refractivity contribution is 0.0372. The van der Waals surface area contributed by atoms with Crippen LogP contribution in [0.25, 0.3) is 0 Å². The van der Waals surface area contributed by atoms with Crippen molar-refractivity contribution < 1.29 is 18.4 Å². The predicted octanol–water partition coefficient (Wildman–Crippen LogP) is 3.78. The maximum atomic E-state index is 14.4. The van der Waals surface area contributed by atoms with Crippen molar-refractivity contribution >= 4 is 11.8 Å². The molecule has 4 nitrogen and oxygen atoms in total. The molecule has 3 aromatic carbocycles. The van der Waals surface area contributed by atoms with Crippen LogP contribution in [0.1, 0.15) is 31.8 Å². The van der Waals surface area contributed by atoms with E-state index in [0.717, 1.165) is 23.8 Å². The van der Waals surface area contributed by atoms with Gasteiger partial charge in [0.1, 0.15) is 11.6 Å². The topological polar surface area (TPSA) is 40.6 Å².